The maximum absolute atomic E-state index is 15.7. The molecule has 0 saturated heterocycles. The molecule has 2 unspecified atom stereocenters. The number of alkyl halides is 3. The smallest absolute Gasteiger partial charge is 0.430 e. The molecule has 260 valence electrons. The van der Waals surface area contributed by atoms with Crippen molar-refractivity contribution in [3.8, 4) is 17.6 Å². The second-order valence-electron chi connectivity index (χ2n) is 9.34. The molecular formula is C25H27F6N4O9PS2. The van der Waals surface area contributed by atoms with E-state index >= 15 is 8.78 Å². The number of aryl methyl sites for hydroxylation is 1. The predicted octanol–water partition coefficient (Wildman–Crippen LogP) is 0.342. The van der Waals surface area contributed by atoms with Gasteiger partial charge in [0.05, 0.1) is 36.6 Å². The van der Waals surface area contributed by atoms with Crippen molar-refractivity contribution in [3.63, 3.8) is 0 Å². The van der Waals surface area contributed by atoms with E-state index in [0.29, 0.717) is 43.3 Å². The third-order valence-corrected chi connectivity index (χ3v) is 10.5. The zero-order valence-electron chi connectivity index (χ0n) is 24.2. The maximum atomic E-state index is 15.7. The molecule has 0 radical (unpaired) electrons. The molecule has 3 rings (SSSR count). The fourth-order valence-electron chi connectivity index (χ4n) is 3.71. The van der Waals surface area contributed by atoms with Crippen molar-refractivity contribution in [1.29, 1.82) is 5.26 Å². The normalized spacial score (nSPS) is 13.7. The van der Waals surface area contributed by atoms with Gasteiger partial charge in [-0.2, -0.15) is 23.2 Å². The van der Waals surface area contributed by atoms with Crippen LogP contribution in [0.3, 0.4) is 0 Å². The lowest BCUT2D eigenvalue weighted by Gasteiger charge is -2.28. The monoisotopic (exact) mass is 736 g/mol. The largest absolute Gasteiger partial charge is 0.777 e. The molecule has 0 aliphatic carbocycles. The number of rotatable bonds is 13. The van der Waals surface area contributed by atoms with Crippen molar-refractivity contribution in [3.05, 3.63) is 52.3 Å². The van der Waals surface area contributed by atoms with Crippen molar-refractivity contribution in [2.24, 2.45) is 0 Å². The van der Waals surface area contributed by atoms with Crippen LogP contribution in [0.15, 0.2) is 22.4 Å². The van der Waals surface area contributed by atoms with Crippen molar-refractivity contribution in [1.82, 2.24) is 4.72 Å². The summed E-state index contributed by atoms with van der Waals surface area (Å²) in [5, 5.41) is 17.3. The van der Waals surface area contributed by atoms with Gasteiger partial charge in [-0.25, -0.2) is 21.6 Å². The SMILES string of the molecule is Cc1c(S(=O)(=O)NC(c2ccc(C#N)c(F)c2)P(=O)([O-])O)sc2c(F)c(OCCC[NH3+])c(OCCC[NH3+])c(F)c12.O=C([O-])C(F)(F)F. The number of ether oxygens (including phenoxy) is 2. The Morgan fingerprint density at radius 3 is 2.06 bits per heavy atom. The van der Waals surface area contributed by atoms with Crippen LogP contribution in [0.25, 0.3) is 10.1 Å². The Kier molecular flexibility index (Phi) is 13.6. The summed E-state index contributed by atoms with van der Waals surface area (Å²) >= 11 is 0.305. The standard InChI is InChI=1S/C23H26F3N4O7PS2.C2HF3O2/c1-12-16-17(25)19(36-8-2-6-27)20(37-9-3-7-28)18(26)21(16)39-23(12)40(34,35)30-22(38(31,32)33)13-4-5-14(11-29)15(24)10-13;3-2(4,5)1(6)7/h4-5,10,22,30H,2-3,6-9,27-28H2,1H3,(H2,31,32,33);(H,6,7). The van der Waals surface area contributed by atoms with E-state index in [1.165, 1.54) is 13.0 Å². The molecule has 1 heterocycles. The Hall–Kier alpha value is -3.48. The summed E-state index contributed by atoms with van der Waals surface area (Å²) in [6.07, 6.45) is -4.37. The summed E-state index contributed by atoms with van der Waals surface area (Å²) in [5.74, 6) is -9.80. The fraction of sp³-hybridized carbons (Fsp3) is 0.360. The number of quaternary nitrogens is 2. The Morgan fingerprint density at radius 2 is 1.64 bits per heavy atom. The summed E-state index contributed by atoms with van der Waals surface area (Å²) in [7, 11) is -10.5. The van der Waals surface area contributed by atoms with Crippen LogP contribution in [0.2, 0.25) is 0 Å². The Bertz CT molecular complexity index is 1810. The second-order valence-corrected chi connectivity index (χ2v) is 13.9. The molecule has 8 N–H and O–H groups in total. The molecule has 0 saturated carbocycles. The van der Waals surface area contributed by atoms with E-state index in [4.69, 9.17) is 24.6 Å². The number of nitriles is 1. The molecule has 47 heavy (non-hydrogen) atoms. The van der Waals surface area contributed by atoms with Crippen LogP contribution < -0.4 is 35.7 Å². The quantitative estimate of drug-likeness (QED) is 0.107. The number of fused-ring (bicyclic) bond motifs is 1. The molecule has 0 bridgehead atoms. The number of thiophene rings is 1. The molecule has 22 heteroatoms. The van der Waals surface area contributed by atoms with Gasteiger partial charge in [0.15, 0.2) is 19.2 Å². The van der Waals surface area contributed by atoms with Crippen molar-refractivity contribution >= 4 is 45.0 Å². The minimum atomic E-state index is -5.56. The third kappa shape index (κ3) is 9.77. The Labute approximate surface area is 266 Å². The number of carbonyl (C=O) groups excluding carboxylic acids is 1. The minimum absolute atomic E-state index is 0.0216. The highest BCUT2D eigenvalue weighted by Crippen LogP contribution is 2.49. The number of halogens is 6. The van der Waals surface area contributed by atoms with Gasteiger partial charge in [-0.05, 0) is 30.2 Å². The van der Waals surface area contributed by atoms with Gasteiger partial charge in [-0.1, -0.05) is 6.07 Å². The topological polar surface area (TPSA) is 244 Å². The molecule has 0 aliphatic heterocycles. The van der Waals surface area contributed by atoms with Gasteiger partial charge in [0.25, 0.3) is 10.0 Å². The summed E-state index contributed by atoms with van der Waals surface area (Å²) in [6.45, 7) is 2.05. The number of benzene rings is 2. The van der Waals surface area contributed by atoms with Gasteiger partial charge >= 0.3 is 6.18 Å². The van der Waals surface area contributed by atoms with Crippen molar-refractivity contribution in [2.75, 3.05) is 26.3 Å². The molecule has 1 aromatic heterocycles. The number of hydrogen-bond donors (Lipinski definition) is 4. The molecule has 2 atom stereocenters. The number of hydrogen-bond acceptors (Lipinski definition) is 10. The fourth-order valence-corrected chi connectivity index (χ4v) is 8.04. The van der Waals surface area contributed by atoms with Crippen LogP contribution in [-0.2, 0) is 19.4 Å². The van der Waals surface area contributed by atoms with E-state index < -0.39 is 89.9 Å². The average Bonchev–Trinajstić information content (AvgIpc) is 3.33. The van der Waals surface area contributed by atoms with Crippen LogP contribution in [0.4, 0.5) is 26.3 Å². The average molecular weight is 737 g/mol. The highest BCUT2D eigenvalue weighted by atomic mass is 32.2. The first kappa shape index (κ1) is 39.7. The van der Waals surface area contributed by atoms with Gasteiger partial charge in [-0.3, -0.25) is 0 Å². The zero-order valence-corrected chi connectivity index (χ0v) is 26.7. The summed E-state index contributed by atoms with van der Waals surface area (Å²) in [4.78, 5) is 30.7. The van der Waals surface area contributed by atoms with Crippen LogP contribution >= 0.6 is 18.9 Å². The number of nitrogens with one attached hydrogen (secondary N) is 1. The number of nitrogens with zero attached hydrogens (tertiary/aromatic N) is 1. The van der Waals surface area contributed by atoms with Crippen LogP contribution in [0, 0.1) is 35.7 Å². The summed E-state index contributed by atoms with van der Waals surface area (Å²) in [5.41, 5.74) is 6.07. The Balaban J connectivity index is 0.000000984. The molecule has 0 fully saturated rings. The van der Waals surface area contributed by atoms with E-state index in [1.807, 2.05) is 0 Å². The first-order valence-corrected chi connectivity index (χ1v) is 17.0. The third-order valence-electron chi connectivity index (χ3n) is 5.91. The molecule has 0 spiro atoms. The molecule has 0 aliphatic rings. The number of aliphatic carboxylic acids is 1. The molecular weight excluding hydrogens is 709 g/mol. The van der Waals surface area contributed by atoms with E-state index in [-0.39, 0.29) is 18.8 Å². The zero-order chi connectivity index (χ0) is 35.9. The van der Waals surface area contributed by atoms with Crippen LogP contribution in [0.5, 0.6) is 11.5 Å². The van der Waals surface area contributed by atoms with Crippen LogP contribution in [-0.4, -0.2) is 51.8 Å². The van der Waals surface area contributed by atoms with Gasteiger partial charge in [0.2, 0.25) is 11.5 Å². The lowest BCUT2D eigenvalue weighted by Crippen LogP contribution is -2.50. The van der Waals surface area contributed by atoms with E-state index in [0.717, 1.165) is 12.1 Å². The molecule has 3 aromatic rings. The minimum Gasteiger partial charge on any atom is -0.777 e. The van der Waals surface area contributed by atoms with E-state index in [9.17, 15) is 40.3 Å². The first-order chi connectivity index (χ1) is 21.7. The molecule has 0 amide bonds. The van der Waals surface area contributed by atoms with Crippen molar-refractivity contribution in [2.45, 2.75) is 35.9 Å². The van der Waals surface area contributed by atoms with Crippen LogP contribution in [0.1, 0.15) is 35.3 Å². The summed E-state index contributed by atoms with van der Waals surface area (Å²) in [6, 6.07) is 3.95. The Morgan fingerprint density at radius 1 is 1.13 bits per heavy atom. The number of carboxylic acid groups (broad SMARTS) is 1. The highest BCUT2D eigenvalue weighted by molar-refractivity contribution is 7.92. The maximum Gasteiger partial charge on any atom is 0.430 e. The predicted molar refractivity (Wildman–Crippen MR) is 147 cm³/mol. The van der Waals surface area contributed by atoms with Crippen molar-refractivity contribution < 1.29 is 80.0 Å². The lowest BCUT2D eigenvalue weighted by atomic mass is 10.1. The highest BCUT2D eigenvalue weighted by Gasteiger charge is 2.35. The number of carboxylic acids is 1. The number of carbonyl (C=O) groups is 1. The molecule has 2 aromatic carbocycles. The van der Waals surface area contributed by atoms with Gasteiger partial charge in [-0.15, -0.1) is 11.3 Å². The second kappa shape index (κ2) is 16.1. The van der Waals surface area contributed by atoms with Gasteiger partial charge in [0.1, 0.15) is 27.8 Å². The van der Waals surface area contributed by atoms with E-state index in [1.54, 1.807) is 4.72 Å². The summed E-state index contributed by atoms with van der Waals surface area (Å²) < 4.78 is 127. The number of sulfonamides is 1. The lowest BCUT2D eigenvalue weighted by molar-refractivity contribution is -0.369. The molecule has 13 nitrogen and oxygen atoms in total. The van der Waals surface area contributed by atoms with Gasteiger partial charge < -0.3 is 45.2 Å². The van der Waals surface area contributed by atoms with Gasteiger partial charge in [0, 0.05) is 18.2 Å². The van der Waals surface area contributed by atoms with E-state index in [2.05, 4.69) is 11.5 Å². The first-order valence-electron chi connectivity index (χ1n) is 13.0.